The van der Waals surface area contributed by atoms with Gasteiger partial charge in [0, 0.05) is 19.6 Å². The summed E-state index contributed by atoms with van der Waals surface area (Å²) in [4.78, 5) is 12.4. The van der Waals surface area contributed by atoms with E-state index in [2.05, 4.69) is 68.6 Å². The predicted octanol–water partition coefficient (Wildman–Crippen LogP) is 7.82. The molecule has 0 radical (unpaired) electrons. The Bertz CT molecular complexity index is 1560. The molecule has 278 valence electrons. The van der Waals surface area contributed by atoms with E-state index < -0.39 is 15.9 Å². The van der Waals surface area contributed by atoms with Crippen molar-refractivity contribution in [2.45, 2.75) is 116 Å². The summed E-state index contributed by atoms with van der Waals surface area (Å²) in [6.45, 7) is 8.73. The maximum Gasteiger partial charge on any atom is 0.266 e. The zero-order valence-electron chi connectivity index (χ0n) is 30.5. The molecule has 1 amide bonds. The van der Waals surface area contributed by atoms with E-state index in [4.69, 9.17) is 14.0 Å². The Morgan fingerprint density at radius 2 is 1.68 bits per heavy atom. The van der Waals surface area contributed by atoms with E-state index in [1.54, 1.807) is 0 Å². The minimum Gasteiger partial charge on any atom is -0.494 e. The molecular formula is C41H61NO7S. The van der Waals surface area contributed by atoms with Crippen molar-refractivity contribution in [3.8, 4) is 5.75 Å². The number of carbonyl (C=O) groups excluding carboxylic acids is 1. The molecule has 2 aromatic carbocycles. The molecule has 0 aromatic heterocycles. The first-order valence-corrected chi connectivity index (χ1v) is 21.1. The number of amides is 1. The molecule has 0 saturated heterocycles. The van der Waals surface area contributed by atoms with Crippen LogP contribution >= 0.6 is 0 Å². The van der Waals surface area contributed by atoms with E-state index in [0.29, 0.717) is 48.0 Å². The maximum absolute atomic E-state index is 12.4. The van der Waals surface area contributed by atoms with E-state index in [1.807, 2.05) is 0 Å². The third-order valence-electron chi connectivity index (χ3n) is 14.0. The Labute approximate surface area is 300 Å². The molecule has 10 atom stereocenters. The second-order valence-electron chi connectivity index (χ2n) is 16.9. The maximum atomic E-state index is 12.4. The molecule has 4 aliphatic carbocycles. The fourth-order valence-corrected chi connectivity index (χ4v) is 11.7. The van der Waals surface area contributed by atoms with E-state index in [0.717, 1.165) is 76.8 Å². The van der Waals surface area contributed by atoms with Gasteiger partial charge in [0.05, 0.1) is 24.6 Å². The summed E-state index contributed by atoms with van der Waals surface area (Å²) in [7, 11) is -4.08. The molecule has 6 rings (SSSR count). The van der Waals surface area contributed by atoms with Crippen molar-refractivity contribution in [2.24, 2.45) is 46.3 Å². The molecular weight excluding hydrogens is 651 g/mol. The smallest absolute Gasteiger partial charge is 0.266 e. The topological polar surface area (TPSA) is 122 Å². The minimum absolute atomic E-state index is 0.0630. The third kappa shape index (κ3) is 8.37. The first kappa shape index (κ1) is 37.6. The van der Waals surface area contributed by atoms with Crippen LogP contribution in [0.4, 0.5) is 0 Å². The average molecular weight is 712 g/mol. The average Bonchev–Trinajstić information content (AvgIpc) is 3.44. The van der Waals surface area contributed by atoms with Crippen LogP contribution < -0.4 is 10.1 Å². The first-order valence-electron chi connectivity index (χ1n) is 19.5. The number of carbonyl (C=O) groups is 1. The summed E-state index contributed by atoms with van der Waals surface area (Å²) >= 11 is 0. The molecule has 0 spiro atoms. The third-order valence-corrected chi connectivity index (χ3v) is 14.8. The van der Waals surface area contributed by atoms with Gasteiger partial charge in [-0.15, -0.1) is 0 Å². The van der Waals surface area contributed by atoms with Crippen molar-refractivity contribution in [1.82, 2.24) is 5.32 Å². The number of unbranched alkanes of at least 4 members (excludes halogenated alkanes) is 2. The fraction of sp³-hybridized carbons (Fsp3) is 0.732. The van der Waals surface area contributed by atoms with Crippen LogP contribution in [0.3, 0.4) is 0 Å². The van der Waals surface area contributed by atoms with Crippen molar-refractivity contribution in [1.29, 1.82) is 0 Å². The summed E-state index contributed by atoms with van der Waals surface area (Å²) in [5, 5.41) is 16.9. The van der Waals surface area contributed by atoms with Gasteiger partial charge in [-0.1, -0.05) is 51.1 Å². The molecule has 9 heteroatoms. The van der Waals surface area contributed by atoms with Crippen LogP contribution in [0.15, 0.2) is 42.5 Å². The molecule has 0 aliphatic heterocycles. The van der Waals surface area contributed by atoms with Crippen LogP contribution in [0.2, 0.25) is 0 Å². The van der Waals surface area contributed by atoms with Crippen LogP contribution in [0, 0.1) is 46.3 Å². The Kier molecular flexibility index (Phi) is 11.9. The quantitative estimate of drug-likeness (QED) is 0.127. The van der Waals surface area contributed by atoms with Gasteiger partial charge in [0.1, 0.15) is 5.75 Å². The summed E-state index contributed by atoms with van der Waals surface area (Å²) in [5.74, 6) is 3.15. The van der Waals surface area contributed by atoms with Gasteiger partial charge in [0.2, 0.25) is 5.91 Å². The first-order chi connectivity index (χ1) is 23.9. The number of benzene rings is 2. The van der Waals surface area contributed by atoms with Gasteiger partial charge in [-0.25, -0.2) is 0 Å². The summed E-state index contributed by atoms with van der Waals surface area (Å²) in [6.07, 6.45) is 13.2. The lowest BCUT2D eigenvalue weighted by molar-refractivity contribution is -0.178. The van der Waals surface area contributed by atoms with E-state index in [9.17, 15) is 18.3 Å². The molecule has 2 aromatic rings. The van der Waals surface area contributed by atoms with Gasteiger partial charge in [0.15, 0.2) is 0 Å². The number of aliphatic hydroxyl groups is 1. The van der Waals surface area contributed by atoms with Crippen molar-refractivity contribution in [3.05, 3.63) is 42.5 Å². The number of rotatable bonds is 15. The Morgan fingerprint density at radius 3 is 2.48 bits per heavy atom. The molecule has 3 N–H and O–H groups in total. The van der Waals surface area contributed by atoms with Crippen molar-refractivity contribution in [2.75, 3.05) is 25.5 Å². The van der Waals surface area contributed by atoms with Crippen LogP contribution in [-0.4, -0.2) is 61.7 Å². The Morgan fingerprint density at radius 1 is 0.940 bits per heavy atom. The molecule has 8 nitrogen and oxygen atoms in total. The van der Waals surface area contributed by atoms with Gasteiger partial charge in [-0.2, -0.15) is 8.42 Å². The standard InChI is InChI=1S/C41H61NO7S/c1-28(11-16-38(44)42-21-24-50(45,46)47)34-14-15-35-39-36(18-20-41(34,35)3)40(2)19-17-33(26-31(40)27-37(39)43)49-23-8-4-7-22-48-32-13-12-29-9-5-6-10-30(29)25-32/h5-6,9-10,12-13,25,28,31,33-37,39,43H,4,7-8,11,14-24,26-27H2,1-3H3,(H,42,44)(H,45,46,47)/t28-,31?,33-,34-,35+,36?,37+,39?,40+,41-/m1/s1. The monoisotopic (exact) mass is 711 g/mol. The van der Waals surface area contributed by atoms with Crippen molar-refractivity contribution in [3.63, 3.8) is 0 Å². The molecule has 3 unspecified atom stereocenters. The normalized spacial score (nSPS) is 34.4. The van der Waals surface area contributed by atoms with Crippen LogP contribution in [0.25, 0.3) is 10.8 Å². The Balaban J connectivity index is 0.934. The predicted molar refractivity (Wildman–Crippen MR) is 197 cm³/mol. The number of aliphatic hydroxyl groups excluding tert-OH is 1. The van der Waals surface area contributed by atoms with E-state index in [-0.39, 0.29) is 29.4 Å². The zero-order valence-corrected chi connectivity index (χ0v) is 31.3. The summed E-state index contributed by atoms with van der Waals surface area (Å²) in [5.41, 5.74) is 0.433. The SMILES string of the molecule is C[C@H](CCC(=O)NCCS(=O)(=O)O)[C@H]1CC[C@H]2C3C(CC[C@]12C)[C@@]1(C)CC[C@@H](OCCCCCOc2ccc4ccccc4c2)CC1C[C@@H]3O. The van der Waals surface area contributed by atoms with Gasteiger partial charge in [-0.05, 0) is 146 Å². The van der Waals surface area contributed by atoms with Crippen LogP contribution in [0.1, 0.15) is 104 Å². The number of hydrogen-bond donors (Lipinski definition) is 3. The molecule has 0 heterocycles. The largest absolute Gasteiger partial charge is 0.494 e. The molecule has 4 fully saturated rings. The molecule has 4 saturated carbocycles. The van der Waals surface area contributed by atoms with Gasteiger partial charge >= 0.3 is 0 Å². The highest BCUT2D eigenvalue weighted by atomic mass is 32.2. The number of fused-ring (bicyclic) bond motifs is 6. The van der Waals surface area contributed by atoms with Crippen LogP contribution in [-0.2, 0) is 19.6 Å². The second-order valence-corrected chi connectivity index (χ2v) is 18.4. The van der Waals surface area contributed by atoms with E-state index in [1.165, 1.54) is 30.0 Å². The second kappa shape index (κ2) is 15.8. The van der Waals surface area contributed by atoms with Gasteiger partial charge < -0.3 is 19.9 Å². The lowest BCUT2D eigenvalue weighted by atomic mass is 9.43. The number of hydrogen-bond acceptors (Lipinski definition) is 6. The van der Waals surface area contributed by atoms with E-state index >= 15 is 0 Å². The highest BCUT2D eigenvalue weighted by Crippen LogP contribution is 2.68. The summed E-state index contributed by atoms with van der Waals surface area (Å²) < 4.78 is 43.4. The van der Waals surface area contributed by atoms with Crippen molar-refractivity contribution < 1.29 is 32.3 Å². The van der Waals surface area contributed by atoms with Gasteiger partial charge in [0.25, 0.3) is 10.1 Å². The van der Waals surface area contributed by atoms with Gasteiger partial charge in [-0.3, -0.25) is 9.35 Å². The Hall–Kier alpha value is -2.20. The minimum atomic E-state index is -4.08. The fourth-order valence-electron chi connectivity index (χ4n) is 11.4. The number of ether oxygens (including phenoxy) is 2. The molecule has 4 aliphatic rings. The van der Waals surface area contributed by atoms with Crippen molar-refractivity contribution >= 4 is 26.8 Å². The highest BCUT2D eigenvalue weighted by molar-refractivity contribution is 7.85. The zero-order chi connectivity index (χ0) is 35.5. The highest BCUT2D eigenvalue weighted by Gasteiger charge is 2.63. The lowest BCUT2D eigenvalue weighted by Gasteiger charge is -2.62. The number of nitrogens with one attached hydrogen (secondary N) is 1. The molecule has 50 heavy (non-hydrogen) atoms. The summed E-state index contributed by atoms with van der Waals surface area (Å²) in [6, 6.07) is 14.7. The lowest BCUT2D eigenvalue weighted by Crippen LogP contribution is -2.58. The molecule has 0 bridgehead atoms. The van der Waals surface area contributed by atoms with Crippen LogP contribution in [0.5, 0.6) is 5.75 Å².